The number of aliphatic hydroxyl groups excluding tert-OH is 1. The predicted molar refractivity (Wildman–Crippen MR) is 102 cm³/mol. The lowest BCUT2D eigenvalue weighted by atomic mass is 9.43. The van der Waals surface area contributed by atoms with Gasteiger partial charge in [0, 0.05) is 11.5 Å². The number of esters is 1. The number of hydrogen-bond donors (Lipinski definition) is 2. The van der Waals surface area contributed by atoms with Gasteiger partial charge in [0.1, 0.15) is 6.61 Å². The molecule has 4 heteroatoms. The van der Waals surface area contributed by atoms with E-state index in [0.717, 1.165) is 56.9 Å². The number of ether oxygens (including phenoxy) is 1. The normalized spacial score (nSPS) is 54.6. The maximum absolute atomic E-state index is 12.1. The summed E-state index contributed by atoms with van der Waals surface area (Å²) in [4.78, 5) is 11.6. The Balaban J connectivity index is 1.47. The zero-order valence-electron chi connectivity index (χ0n) is 16.7. The van der Waals surface area contributed by atoms with Gasteiger partial charge in [-0.2, -0.15) is 0 Å². The van der Waals surface area contributed by atoms with E-state index in [2.05, 4.69) is 13.8 Å². The monoisotopic (exact) mass is 374 g/mol. The summed E-state index contributed by atoms with van der Waals surface area (Å²) in [6.07, 6.45) is 10.8. The minimum absolute atomic E-state index is 0.126. The Hall–Kier alpha value is -0.870. The highest BCUT2D eigenvalue weighted by atomic mass is 16.5. The lowest BCUT2D eigenvalue weighted by Gasteiger charge is -2.63. The Bertz CT molecular complexity index is 686. The van der Waals surface area contributed by atoms with Gasteiger partial charge in [0.25, 0.3) is 0 Å². The second-order valence-corrected chi connectivity index (χ2v) is 10.7. The van der Waals surface area contributed by atoms with E-state index in [1.807, 2.05) is 0 Å². The number of rotatable bonds is 1. The first-order chi connectivity index (χ1) is 12.8. The quantitative estimate of drug-likeness (QED) is 0.688. The third kappa shape index (κ3) is 2.32. The highest BCUT2D eigenvalue weighted by molar-refractivity contribution is 5.85. The molecule has 0 saturated heterocycles. The molecule has 0 unspecified atom stereocenters. The summed E-state index contributed by atoms with van der Waals surface area (Å²) in [6.45, 7) is 5.15. The summed E-state index contributed by atoms with van der Waals surface area (Å²) in [5.74, 6) is 1.59. The van der Waals surface area contributed by atoms with Crippen LogP contribution in [0.4, 0.5) is 0 Å². The van der Waals surface area contributed by atoms with E-state index < -0.39 is 5.60 Å². The van der Waals surface area contributed by atoms with Crippen molar-refractivity contribution < 1.29 is 19.7 Å². The van der Waals surface area contributed by atoms with Gasteiger partial charge in [-0.05, 0) is 92.4 Å². The Morgan fingerprint density at radius 1 is 1.04 bits per heavy atom. The fourth-order valence-electron chi connectivity index (χ4n) is 8.39. The molecule has 0 aromatic carbocycles. The maximum Gasteiger partial charge on any atom is 0.331 e. The molecule has 0 bridgehead atoms. The minimum Gasteiger partial charge on any atom is -0.458 e. The molecule has 1 aliphatic heterocycles. The third-order valence-electron chi connectivity index (χ3n) is 9.96. The van der Waals surface area contributed by atoms with Gasteiger partial charge < -0.3 is 14.9 Å². The van der Waals surface area contributed by atoms with Crippen molar-refractivity contribution in [2.24, 2.45) is 34.5 Å². The molecule has 5 rings (SSSR count). The predicted octanol–water partition coefficient (Wildman–Crippen LogP) is 3.60. The molecule has 8 atom stereocenters. The van der Waals surface area contributed by atoms with Crippen LogP contribution in [-0.4, -0.2) is 34.5 Å². The first kappa shape index (κ1) is 18.2. The van der Waals surface area contributed by atoms with Crippen molar-refractivity contribution in [1.82, 2.24) is 0 Å². The molecule has 4 aliphatic carbocycles. The first-order valence-corrected chi connectivity index (χ1v) is 11.1. The van der Waals surface area contributed by atoms with Gasteiger partial charge in [-0.1, -0.05) is 13.8 Å². The largest absolute Gasteiger partial charge is 0.458 e. The summed E-state index contributed by atoms with van der Waals surface area (Å²) in [6, 6.07) is 0. The van der Waals surface area contributed by atoms with Crippen LogP contribution in [0, 0.1) is 34.5 Å². The van der Waals surface area contributed by atoms with Crippen LogP contribution in [0.25, 0.3) is 0 Å². The van der Waals surface area contributed by atoms with Crippen LogP contribution in [0.1, 0.15) is 71.6 Å². The van der Waals surface area contributed by atoms with Crippen molar-refractivity contribution in [2.75, 3.05) is 6.61 Å². The lowest BCUT2D eigenvalue weighted by Crippen LogP contribution is -2.62. The summed E-state index contributed by atoms with van der Waals surface area (Å²) >= 11 is 0. The standard InChI is InChI=1S/C23H34O4/c1-21-8-5-16(24)12-15(21)3-4-19-18(21)6-9-22(2)17(7-10-23(19,22)26)14-11-20(25)27-13-14/h11,15-19,24,26H,3-10,12-13H2,1-2H3/t15-,16-,17+,18-,19+,21-,22+,23+/m0/s1. The second-order valence-electron chi connectivity index (χ2n) is 10.7. The molecule has 4 saturated carbocycles. The Labute approximate surface area is 162 Å². The SMILES string of the molecule is C[C@]12CC[C@H](O)C[C@@H]1CC[C@@H]1[C@@H]2CC[C@]2(C)[C@@H](C3=CC(=O)OC3)CC[C@@]12O. The fraction of sp³-hybridized carbons (Fsp3) is 0.870. The molecular weight excluding hydrogens is 340 g/mol. The number of hydrogen-bond acceptors (Lipinski definition) is 4. The van der Waals surface area contributed by atoms with E-state index in [1.165, 1.54) is 6.42 Å². The van der Waals surface area contributed by atoms with Gasteiger partial charge in [-0.3, -0.25) is 0 Å². The van der Waals surface area contributed by atoms with E-state index in [0.29, 0.717) is 24.4 Å². The molecular formula is C23H34O4. The van der Waals surface area contributed by atoms with E-state index >= 15 is 0 Å². The number of carbonyl (C=O) groups is 1. The molecule has 4 nitrogen and oxygen atoms in total. The van der Waals surface area contributed by atoms with E-state index in [1.54, 1.807) is 6.08 Å². The van der Waals surface area contributed by atoms with Gasteiger partial charge in [0.2, 0.25) is 0 Å². The summed E-state index contributed by atoms with van der Waals surface area (Å²) < 4.78 is 5.20. The molecule has 0 amide bonds. The Morgan fingerprint density at radius 2 is 1.85 bits per heavy atom. The maximum atomic E-state index is 12.1. The first-order valence-electron chi connectivity index (χ1n) is 11.1. The zero-order valence-corrected chi connectivity index (χ0v) is 16.7. The average molecular weight is 375 g/mol. The van der Waals surface area contributed by atoms with Crippen LogP contribution < -0.4 is 0 Å². The van der Waals surface area contributed by atoms with E-state index in [4.69, 9.17) is 4.74 Å². The number of fused-ring (bicyclic) bond motifs is 5. The highest BCUT2D eigenvalue weighted by Crippen LogP contribution is 2.69. The van der Waals surface area contributed by atoms with Crippen molar-refractivity contribution >= 4 is 5.97 Å². The van der Waals surface area contributed by atoms with Crippen LogP contribution in [0.3, 0.4) is 0 Å². The topological polar surface area (TPSA) is 66.8 Å². The van der Waals surface area contributed by atoms with Gasteiger partial charge in [-0.25, -0.2) is 4.79 Å². The van der Waals surface area contributed by atoms with Crippen LogP contribution >= 0.6 is 0 Å². The third-order valence-corrected chi connectivity index (χ3v) is 9.96. The lowest BCUT2D eigenvalue weighted by molar-refractivity contribution is -0.208. The van der Waals surface area contributed by atoms with Crippen molar-refractivity contribution in [3.63, 3.8) is 0 Å². The van der Waals surface area contributed by atoms with Gasteiger partial charge in [0.05, 0.1) is 11.7 Å². The molecule has 5 aliphatic rings. The molecule has 150 valence electrons. The minimum atomic E-state index is -0.628. The zero-order chi connectivity index (χ0) is 19.0. The summed E-state index contributed by atoms with van der Waals surface area (Å²) in [5.41, 5.74) is 0.600. The van der Waals surface area contributed by atoms with Crippen molar-refractivity contribution in [3.8, 4) is 0 Å². The highest BCUT2D eigenvalue weighted by Gasteiger charge is 2.67. The Morgan fingerprint density at radius 3 is 2.59 bits per heavy atom. The second kappa shape index (κ2) is 5.82. The fourth-order valence-corrected chi connectivity index (χ4v) is 8.39. The molecule has 0 aromatic rings. The molecule has 1 heterocycles. The van der Waals surface area contributed by atoms with Crippen molar-refractivity contribution in [3.05, 3.63) is 11.6 Å². The molecule has 27 heavy (non-hydrogen) atoms. The smallest absolute Gasteiger partial charge is 0.331 e. The van der Waals surface area contributed by atoms with E-state index in [-0.39, 0.29) is 28.8 Å². The van der Waals surface area contributed by atoms with Gasteiger partial charge in [0.15, 0.2) is 0 Å². The number of carbonyl (C=O) groups excluding carboxylic acids is 1. The molecule has 4 fully saturated rings. The molecule has 0 radical (unpaired) electrons. The van der Waals surface area contributed by atoms with E-state index in [9.17, 15) is 15.0 Å². The van der Waals surface area contributed by atoms with Crippen LogP contribution in [0.2, 0.25) is 0 Å². The Kier molecular flexibility index (Phi) is 3.92. The van der Waals surface area contributed by atoms with Crippen LogP contribution in [-0.2, 0) is 9.53 Å². The van der Waals surface area contributed by atoms with Gasteiger partial charge in [-0.15, -0.1) is 0 Å². The number of cyclic esters (lactones) is 1. The summed E-state index contributed by atoms with van der Waals surface area (Å²) in [7, 11) is 0. The molecule has 0 spiro atoms. The van der Waals surface area contributed by atoms with Crippen LogP contribution in [0.15, 0.2) is 11.6 Å². The number of aliphatic hydroxyl groups is 2. The average Bonchev–Trinajstić information content (AvgIpc) is 3.16. The molecule has 0 aromatic heterocycles. The van der Waals surface area contributed by atoms with Gasteiger partial charge >= 0.3 is 5.97 Å². The van der Waals surface area contributed by atoms with Crippen molar-refractivity contribution in [1.29, 1.82) is 0 Å². The summed E-state index contributed by atoms with van der Waals surface area (Å²) in [5, 5.41) is 22.3. The molecule has 2 N–H and O–H groups in total. The van der Waals surface area contributed by atoms with Crippen molar-refractivity contribution in [2.45, 2.75) is 83.3 Å². The van der Waals surface area contributed by atoms with Crippen LogP contribution in [0.5, 0.6) is 0 Å².